The molecule has 2 saturated carbocycles. The predicted octanol–water partition coefficient (Wildman–Crippen LogP) is 6.31. The second-order valence-corrected chi connectivity index (χ2v) is 19.4. The predicted molar refractivity (Wildman–Crippen MR) is 219 cm³/mol. The number of carbonyl (C=O) groups excluding carboxylic acids is 4. The Morgan fingerprint density at radius 1 is 0.984 bits per heavy atom. The van der Waals surface area contributed by atoms with Gasteiger partial charge in [-0.2, -0.15) is 18.2 Å². The first-order chi connectivity index (χ1) is 29.3. The summed E-state index contributed by atoms with van der Waals surface area (Å²) in [7, 11) is -3.97. The molecule has 0 spiro atoms. The van der Waals surface area contributed by atoms with Crippen molar-refractivity contribution in [2.45, 2.75) is 119 Å². The fourth-order valence-electron chi connectivity index (χ4n) is 8.04. The number of alkyl carbamates (subject to hydrolysis) is 1. The van der Waals surface area contributed by atoms with Crippen LogP contribution in [0.1, 0.15) is 84.1 Å². The summed E-state index contributed by atoms with van der Waals surface area (Å²) >= 11 is 0. The number of halogens is 3. The lowest BCUT2D eigenvalue weighted by Crippen LogP contribution is -2.58. The highest BCUT2D eigenvalue weighted by molar-refractivity contribution is 7.91. The molecule has 4 heterocycles. The van der Waals surface area contributed by atoms with E-state index in [1.807, 2.05) is 12.2 Å². The fourth-order valence-corrected chi connectivity index (χ4v) is 9.40. The summed E-state index contributed by atoms with van der Waals surface area (Å²) in [4.78, 5) is 66.7. The van der Waals surface area contributed by atoms with Crippen molar-refractivity contribution in [1.29, 1.82) is 0 Å². The summed E-state index contributed by atoms with van der Waals surface area (Å²) in [5.74, 6) is -2.81. The van der Waals surface area contributed by atoms with Crippen molar-refractivity contribution in [3.8, 4) is 17.3 Å². The van der Waals surface area contributed by atoms with Gasteiger partial charge in [0.15, 0.2) is 5.82 Å². The quantitative estimate of drug-likeness (QED) is 0.176. The number of para-hydroxylation sites is 1. The van der Waals surface area contributed by atoms with Gasteiger partial charge in [0, 0.05) is 23.3 Å². The molecule has 330 valence electrons. The van der Waals surface area contributed by atoms with Gasteiger partial charge in [-0.3, -0.25) is 19.1 Å². The molecule has 2 aromatic heterocycles. The highest BCUT2D eigenvalue weighted by Crippen LogP contribution is 2.46. The molecule has 5 atom stereocenters. The molecule has 19 heteroatoms. The number of amides is 4. The Morgan fingerprint density at radius 2 is 1.73 bits per heavy atom. The minimum Gasteiger partial charge on any atom is -0.470 e. The Balaban J connectivity index is 1.15. The van der Waals surface area contributed by atoms with E-state index in [0.717, 1.165) is 18.6 Å². The maximum atomic E-state index is 14.7. The van der Waals surface area contributed by atoms with Gasteiger partial charge in [-0.25, -0.2) is 18.2 Å². The van der Waals surface area contributed by atoms with Crippen molar-refractivity contribution in [3.05, 3.63) is 66.2 Å². The topological polar surface area (TPSA) is 199 Å². The summed E-state index contributed by atoms with van der Waals surface area (Å²) in [6.07, 6.45) is 0.971. The molecule has 8 rings (SSSR count). The number of ether oxygens (including phenoxy) is 2. The summed E-state index contributed by atoms with van der Waals surface area (Å²) in [5, 5.41) is 5.40. The van der Waals surface area contributed by atoms with Crippen molar-refractivity contribution >= 4 is 55.9 Å². The molecule has 62 heavy (non-hydrogen) atoms. The van der Waals surface area contributed by atoms with Crippen LogP contribution in [0.4, 0.5) is 18.0 Å². The number of rotatable bonds is 7. The van der Waals surface area contributed by atoms with E-state index < -0.39 is 86.1 Å². The largest absolute Gasteiger partial charge is 0.470 e. The van der Waals surface area contributed by atoms with Crippen LogP contribution in [-0.2, 0) is 35.3 Å². The van der Waals surface area contributed by atoms with E-state index in [-0.39, 0.29) is 48.7 Å². The Labute approximate surface area is 355 Å². The first-order valence-electron chi connectivity index (χ1n) is 20.7. The van der Waals surface area contributed by atoms with Gasteiger partial charge in [0.1, 0.15) is 40.4 Å². The lowest BCUT2D eigenvalue weighted by atomic mass is 10.0. The average molecular weight is 881 g/mol. The minimum atomic E-state index is -4.57. The number of hydrogen-bond acceptors (Lipinski definition) is 11. The first kappa shape index (κ1) is 42.9. The van der Waals surface area contributed by atoms with Gasteiger partial charge in [0.05, 0.1) is 17.4 Å². The molecule has 2 aliphatic carbocycles. The molecule has 4 aliphatic rings. The highest BCUT2D eigenvalue weighted by Gasteiger charge is 2.62. The number of aromatic nitrogens is 2. The van der Waals surface area contributed by atoms with Crippen LogP contribution < -0.4 is 20.1 Å². The molecule has 2 aromatic carbocycles. The maximum absolute atomic E-state index is 14.7. The number of nitrogens with zero attached hydrogens (tertiary/aromatic N) is 3. The summed E-state index contributed by atoms with van der Waals surface area (Å²) in [6.45, 7) is 4.85. The van der Waals surface area contributed by atoms with Gasteiger partial charge in [-0.1, -0.05) is 49.3 Å². The Bertz CT molecular complexity index is 2550. The molecule has 0 bridgehead atoms. The smallest absolute Gasteiger partial charge is 0.416 e. The number of fused-ring (bicyclic) bond motifs is 5. The van der Waals surface area contributed by atoms with Gasteiger partial charge in [-0.05, 0) is 83.6 Å². The van der Waals surface area contributed by atoms with Crippen LogP contribution in [0.15, 0.2) is 65.1 Å². The molecule has 0 radical (unpaired) electrons. The number of furan rings is 1. The van der Waals surface area contributed by atoms with Crippen molar-refractivity contribution < 1.29 is 54.7 Å². The van der Waals surface area contributed by atoms with E-state index in [2.05, 4.69) is 25.3 Å². The SMILES string of the molecule is CC(C)(C)OC(=O)N[C@H]1CCCCCC=C[C@@H]2C[C@@]2(C(=O)NS(=O)(=O)C2CC2)NC(=O)[C@@H]2C[C@@H](Oc3nc(-c4ccc(C(F)(F)F)cc4)nc4c3oc3ccccc34)CN2C1=O. The Hall–Kier alpha value is -5.72. The third kappa shape index (κ3) is 9.08. The lowest BCUT2D eigenvalue weighted by Gasteiger charge is -2.30. The molecule has 15 nitrogen and oxygen atoms in total. The highest BCUT2D eigenvalue weighted by atomic mass is 32.2. The molecule has 3 fully saturated rings. The van der Waals surface area contributed by atoms with E-state index >= 15 is 0 Å². The molecule has 0 unspecified atom stereocenters. The van der Waals surface area contributed by atoms with Gasteiger partial charge in [0.25, 0.3) is 11.8 Å². The number of sulfonamides is 1. The van der Waals surface area contributed by atoms with E-state index in [1.54, 1.807) is 45.0 Å². The van der Waals surface area contributed by atoms with Gasteiger partial charge >= 0.3 is 12.3 Å². The summed E-state index contributed by atoms with van der Waals surface area (Å²) in [5.41, 5.74) is -2.24. The van der Waals surface area contributed by atoms with Gasteiger partial charge in [0.2, 0.25) is 27.4 Å². The van der Waals surface area contributed by atoms with Crippen LogP contribution in [0.3, 0.4) is 0 Å². The summed E-state index contributed by atoms with van der Waals surface area (Å²) < 4.78 is 86.6. The lowest BCUT2D eigenvalue weighted by molar-refractivity contribution is -0.141. The fraction of sp³-hybridized carbons (Fsp3) is 0.488. The monoisotopic (exact) mass is 880 g/mol. The summed E-state index contributed by atoms with van der Waals surface area (Å²) in [6, 6.07) is 8.88. The van der Waals surface area contributed by atoms with Crippen molar-refractivity contribution in [2.24, 2.45) is 5.92 Å². The molecule has 3 N–H and O–H groups in total. The second-order valence-electron chi connectivity index (χ2n) is 17.4. The Kier molecular flexibility index (Phi) is 11.2. The van der Waals surface area contributed by atoms with Gasteiger partial charge in [-0.15, -0.1) is 0 Å². The molecule has 2 aliphatic heterocycles. The maximum Gasteiger partial charge on any atom is 0.416 e. The number of carbonyl (C=O) groups is 4. The van der Waals surface area contributed by atoms with Crippen LogP contribution in [0.25, 0.3) is 33.5 Å². The molecular weight excluding hydrogens is 834 g/mol. The zero-order valence-electron chi connectivity index (χ0n) is 34.3. The van der Waals surface area contributed by atoms with Crippen LogP contribution in [-0.4, -0.2) is 88.2 Å². The second kappa shape index (κ2) is 16.2. The van der Waals surface area contributed by atoms with Gasteiger partial charge < -0.3 is 29.4 Å². The zero-order chi connectivity index (χ0) is 44.2. The molecular formula is C43H47F3N6O9S. The third-order valence-corrected chi connectivity index (χ3v) is 13.3. The third-order valence-electron chi connectivity index (χ3n) is 11.5. The van der Waals surface area contributed by atoms with Crippen molar-refractivity contribution in [1.82, 2.24) is 30.2 Å². The number of hydrogen-bond donors (Lipinski definition) is 3. The molecule has 4 amide bonds. The van der Waals surface area contributed by atoms with Crippen LogP contribution in [0, 0.1) is 5.92 Å². The number of benzene rings is 2. The zero-order valence-corrected chi connectivity index (χ0v) is 35.1. The van der Waals surface area contributed by atoms with E-state index in [0.29, 0.717) is 48.6 Å². The van der Waals surface area contributed by atoms with Crippen LogP contribution >= 0.6 is 0 Å². The number of nitrogens with one attached hydrogen (secondary N) is 3. The molecule has 4 aromatic rings. The number of alkyl halides is 3. The minimum absolute atomic E-state index is 0.0259. The normalized spacial score (nSPS) is 25.0. The van der Waals surface area contributed by atoms with E-state index in [9.17, 15) is 40.8 Å². The van der Waals surface area contributed by atoms with E-state index in [1.165, 1.54) is 17.0 Å². The van der Waals surface area contributed by atoms with Crippen LogP contribution in [0.5, 0.6) is 5.88 Å². The Morgan fingerprint density at radius 3 is 2.44 bits per heavy atom. The van der Waals surface area contributed by atoms with Crippen molar-refractivity contribution in [2.75, 3.05) is 6.54 Å². The number of allylic oxidation sites excluding steroid dienone is 1. The first-order valence-corrected chi connectivity index (χ1v) is 22.2. The average Bonchev–Trinajstić information content (AvgIpc) is 4.10. The van der Waals surface area contributed by atoms with Crippen molar-refractivity contribution in [3.63, 3.8) is 0 Å². The molecule has 1 saturated heterocycles. The standard InChI is InChI=1S/C43H47F3N6O9S/c1-41(2,3)61-40(56)47-30-13-8-6-4-5-7-11-26-22-42(26,39(55)51-62(57,58)28-19-20-28)50-36(53)31-21-27(23-52(31)38(30)54)59-37-34-33(29-12-9-10-14-32(29)60-34)48-35(49-37)24-15-17-25(18-16-24)43(44,45)46/h7,9-12,14-18,26-28,30-31H,4-6,8,13,19-23H2,1-3H3,(H,47,56)(H,50,53)(H,51,55)/t26-,27-,30+,31+,42-/m1/s1. The van der Waals surface area contributed by atoms with Crippen LogP contribution in [0.2, 0.25) is 0 Å². The van der Waals surface area contributed by atoms with E-state index in [4.69, 9.17) is 13.9 Å².